The molecule has 0 bridgehead atoms. The first-order valence-corrected chi connectivity index (χ1v) is 8.73. The van der Waals surface area contributed by atoms with E-state index < -0.39 is 23.9 Å². The monoisotopic (exact) mass is 397 g/mol. The van der Waals surface area contributed by atoms with Crippen LogP contribution in [0.5, 0.6) is 0 Å². The third kappa shape index (κ3) is 3.92. The summed E-state index contributed by atoms with van der Waals surface area (Å²) in [5, 5.41) is 3.78. The Kier molecular flexibility index (Phi) is 5.23. The number of rotatable bonds is 5. The first-order valence-electron chi connectivity index (χ1n) is 7.59. The standard InChI is InChI=1S/C18H14Cl3NO3/c19-12-6-4-11(5-7-12)18(8-9-18)17(24)25-10-15(23)22-16-13(20)2-1-3-14(16)21/h1-7H,8-10H2,(H,22,23). The third-order valence-corrected chi connectivity index (χ3v) is 4.98. The van der Waals surface area contributed by atoms with E-state index in [1.807, 2.05) is 0 Å². The number of anilines is 1. The molecule has 7 heteroatoms. The zero-order valence-electron chi connectivity index (χ0n) is 13.0. The van der Waals surface area contributed by atoms with Gasteiger partial charge in [-0.05, 0) is 42.7 Å². The molecule has 1 N–H and O–H groups in total. The number of nitrogens with one attached hydrogen (secondary N) is 1. The maximum absolute atomic E-state index is 12.4. The first kappa shape index (κ1) is 18.1. The Bertz CT molecular complexity index is 797. The van der Waals surface area contributed by atoms with Crippen molar-refractivity contribution in [2.75, 3.05) is 11.9 Å². The lowest BCUT2D eigenvalue weighted by molar-refractivity contribution is -0.150. The molecule has 0 unspecified atom stereocenters. The minimum absolute atomic E-state index is 0.297. The first-order chi connectivity index (χ1) is 11.9. The molecule has 0 atom stereocenters. The molecule has 0 aromatic heterocycles. The van der Waals surface area contributed by atoms with Crippen molar-refractivity contribution in [1.82, 2.24) is 0 Å². The van der Waals surface area contributed by atoms with Crippen molar-refractivity contribution in [2.45, 2.75) is 18.3 Å². The van der Waals surface area contributed by atoms with Crippen molar-refractivity contribution in [3.05, 3.63) is 63.1 Å². The highest BCUT2D eigenvalue weighted by atomic mass is 35.5. The van der Waals surface area contributed by atoms with Crippen LogP contribution in [-0.4, -0.2) is 18.5 Å². The van der Waals surface area contributed by atoms with Crippen LogP contribution in [0, 0.1) is 0 Å². The molecule has 4 nitrogen and oxygen atoms in total. The van der Waals surface area contributed by atoms with E-state index in [1.165, 1.54) is 0 Å². The van der Waals surface area contributed by atoms with Crippen molar-refractivity contribution in [1.29, 1.82) is 0 Å². The summed E-state index contributed by atoms with van der Waals surface area (Å²) in [6, 6.07) is 12.0. The molecule has 25 heavy (non-hydrogen) atoms. The average Bonchev–Trinajstić information content (AvgIpc) is 3.39. The average molecular weight is 399 g/mol. The summed E-state index contributed by atoms with van der Waals surface area (Å²) < 4.78 is 5.20. The highest BCUT2D eigenvalue weighted by Crippen LogP contribution is 2.49. The van der Waals surface area contributed by atoms with Gasteiger partial charge in [0.05, 0.1) is 21.1 Å². The van der Waals surface area contributed by atoms with Gasteiger partial charge < -0.3 is 10.1 Å². The second-order valence-electron chi connectivity index (χ2n) is 5.81. The fourth-order valence-electron chi connectivity index (χ4n) is 2.57. The van der Waals surface area contributed by atoms with Gasteiger partial charge in [0.15, 0.2) is 6.61 Å². The quantitative estimate of drug-likeness (QED) is 0.732. The van der Waals surface area contributed by atoms with Crippen LogP contribution >= 0.6 is 34.8 Å². The lowest BCUT2D eigenvalue weighted by Crippen LogP contribution is -2.28. The summed E-state index contributed by atoms with van der Waals surface area (Å²) in [7, 11) is 0. The molecule has 0 aliphatic heterocycles. The van der Waals surface area contributed by atoms with Gasteiger partial charge in [-0.15, -0.1) is 0 Å². The second kappa shape index (κ2) is 7.24. The van der Waals surface area contributed by atoms with E-state index in [9.17, 15) is 9.59 Å². The van der Waals surface area contributed by atoms with Gasteiger partial charge >= 0.3 is 5.97 Å². The van der Waals surface area contributed by atoms with Crippen LogP contribution in [0.2, 0.25) is 15.1 Å². The van der Waals surface area contributed by atoms with Gasteiger partial charge in [-0.2, -0.15) is 0 Å². The van der Waals surface area contributed by atoms with Crippen LogP contribution in [0.4, 0.5) is 5.69 Å². The number of amides is 1. The molecule has 1 fully saturated rings. The highest BCUT2D eigenvalue weighted by Gasteiger charge is 2.52. The number of hydrogen-bond donors (Lipinski definition) is 1. The minimum Gasteiger partial charge on any atom is -0.455 e. The summed E-state index contributed by atoms with van der Waals surface area (Å²) in [5.74, 6) is -0.925. The van der Waals surface area contributed by atoms with E-state index in [0.717, 1.165) is 5.56 Å². The lowest BCUT2D eigenvalue weighted by atomic mass is 9.96. The van der Waals surface area contributed by atoms with Gasteiger partial charge in [0.2, 0.25) is 0 Å². The van der Waals surface area contributed by atoms with Crippen LogP contribution in [0.25, 0.3) is 0 Å². The number of halogens is 3. The van der Waals surface area contributed by atoms with Crippen molar-refractivity contribution in [2.24, 2.45) is 0 Å². The summed E-state index contributed by atoms with van der Waals surface area (Å²) in [5.41, 5.74) is 0.467. The van der Waals surface area contributed by atoms with E-state index in [-0.39, 0.29) is 0 Å². The largest absolute Gasteiger partial charge is 0.455 e. The summed E-state index contributed by atoms with van der Waals surface area (Å²) in [6.07, 6.45) is 1.37. The van der Waals surface area contributed by atoms with E-state index in [2.05, 4.69) is 5.32 Å². The number of hydrogen-bond acceptors (Lipinski definition) is 3. The van der Waals surface area contributed by atoms with Crippen LogP contribution in [-0.2, 0) is 19.7 Å². The molecule has 2 aromatic rings. The van der Waals surface area contributed by atoms with Crippen LogP contribution in [0.1, 0.15) is 18.4 Å². The van der Waals surface area contributed by atoms with Crippen molar-refractivity contribution in [3.63, 3.8) is 0 Å². The Hall–Kier alpha value is -1.75. The van der Waals surface area contributed by atoms with E-state index in [0.29, 0.717) is 33.6 Å². The van der Waals surface area contributed by atoms with Gasteiger partial charge in [-0.25, -0.2) is 0 Å². The van der Waals surface area contributed by atoms with Crippen molar-refractivity contribution >= 4 is 52.4 Å². The predicted molar refractivity (Wildman–Crippen MR) is 98.4 cm³/mol. The molecule has 1 aliphatic rings. The number of carbonyl (C=O) groups excluding carboxylic acids is 2. The Balaban J connectivity index is 1.61. The van der Waals surface area contributed by atoms with E-state index >= 15 is 0 Å². The normalized spacial score (nSPS) is 14.7. The fraction of sp³-hybridized carbons (Fsp3) is 0.222. The summed E-state index contributed by atoms with van der Waals surface area (Å²) >= 11 is 17.9. The molecule has 1 saturated carbocycles. The van der Waals surface area contributed by atoms with Crippen LogP contribution in [0.3, 0.4) is 0 Å². The van der Waals surface area contributed by atoms with E-state index in [4.69, 9.17) is 39.5 Å². The smallest absolute Gasteiger partial charge is 0.317 e. The summed E-state index contributed by atoms with van der Waals surface area (Å²) in [4.78, 5) is 24.4. The number of para-hydroxylation sites is 1. The minimum atomic E-state index is -0.674. The molecule has 0 saturated heterocycles. The molecule has 130 valence electrons. The van der Waals surface area contributed by atoms with Crippen molar-refractivity contribution in [3.8, 4) is 0 Å². The Morgan fingerprint density at radius 1 is 1.00 bits per heavy atom. The highest BCUT2D eigenvalue weighted by molar-refractivity contribution is 6.39. The third-order valence-electron chi connectivity index (χ3n) is 4.10. The lowest BCUT2D eigenvalue weighted by Gasteiger charge is -2.15. The van der Waals surface area contributed by atoms with Gasteiger partial charge in [0, 0.05) is 5.02 Å². The number of carbonyl (C=O) groups is 2. The molecule has 0 heterocycles. The van der Waals surface area contributed by atoms with Gasteiger partial charge in [0.1, 0.15) is 0 Å². The zero-order valence-corrected chi connectivity index (χ0v) is 15.3. The SMILES string of the molecule is O=C(COC(=O)C1(c2ccc(Cl)cc2)CC1)Nc1c(Cl)cccc1Cl. The zero-order chi connectivity index (χ0) is 18.0. The summed E-state index contributed by atoms with van der Waals surface area (Å²) in [6.45, 7) is -0.407. The second-order valence-corrected chi connectivity index (χ2v) is 7.06. The number of esters is 1. The molecule has 0 radical (unpaired) electrons. The Morgan fingerprint density at radius 3 is 2.16 bits per heavy atom. The van der Waals surface area contributed by atoms with E-state index in [1.54, 1.807) is 42.5 Å². The van der Waals surface area contributed by atoms with Gasteiger partial charge in [-0.3, -0.25) is 9.59 Å². The van der Waals surface area contributed by atoms with Crippen molar-refractivity contribution < 1.29 is 14.3 Å². The maximum atomic E-state index is 12.4. The molecular formula is C18H14Cl3NO3. The number of benzene rings is 2. The van der Waals surface area contributed by atoms with Gasteiger partial charge in [-0.1, -0.05) is 53.0 Å². The van der Waals surface area contributed by atoms with Crippen LogP contribution in [0.15, 0.2) is 42.5 Å². The molecule has 3 rings (SSSR count). The molecular weight excluding hydrogens is 385 g/mol. The van der Waals surface area contributed by atoms with Crippen LogP contribution < -0.4 is 5.32 Å². The predicted octanol–water partition coefficient (Wildman–Crippen LogP) is 4.86. The Labute approximate surface area is 160 Å². The topological polar surface area (TPSA) is 55.4 Å². The molecule has 1 aliphatic carbocycles. The molecule has 2 aromatic carbocycles. The fourth-order valence-corrected chi connectivity index (χ4v) is 3.18. The molecule has 1 amide bonds. The van der Waals surface area contributed by atoms with Gasteiger partial charge in [0.25, 0.3) is 5.91 Å². The Morgan fingerprint density at radius 2 is 1.60 bits per heavy atom. The molecule has 0 spiro atoms. The number of ether oxygens (including phenoxy) is 1. The maximum Gasteiger partial charge on any atom is 0.317 e.